The van der Waals surface area contributed by atoms with Gasteiger partial charge in [-0.05, 0) is 19.3 Å². The normalized spacial score (nSPS) is 23.0. The molecule has 0 radical (unpaired) electrons. The third-order valence-corrected chi connectivity index (χ3v) is 5.28. The highest BCUT2D eigenvalue weighted by Crippen LogP contribution is 2.30. The molecule has 1 atom stereocenters. The van der Waals surface area contributed by atoms with Crippen molar-refractivity contribution >= 4 is 28.3 Å². The number of nitrogens with one attached hydrogen (secondary N) is 1. The lowest BCUT2D eigenvalue weighted by Gasteiger charge is -2.23. The Labute approximate surface area is 127 Å². The number of rotatable bonds is 4. The van der Waals surface area contributed by atoms with Crippen LogP contribution in [-0.4, -0.2) is 39.5 Å². The molecule has 0 spiro atoms. The summed E-state index contributed by atoms with van der Waals surface area (Å²) in [4.78, 5) is 26.3. The quantitative estimate of drug-likeness (QED) is 0.921. The van der Waals surface area contributed by atoms with Crippen LogP contribution < -0.4 is 5.32 Å². The highest BCUT2D eigenvalue weighted by Gasteiger charge is 2.38. The minimum atomic E-state index is -0.257. The van der Waals surface area contributed by atoms with E-state index in [1.807, 2.05) is 11.8 Å². The van der Waals surface area contributed by atoms with E-state index in [1.165, 1.54) is 24.2 Å². The lowest BCUT2D eigenvalue weighted by atomic mass is 10.1. The Balaban J connectivity index is 1.59. The van der Waals surface area contributed by atoms with Crippen molar-refractivity contribution in [3.8, 4) is 0 Å². The van der Waals surface area contributed by atoms with Gasteiger partial charge in [0.05, 0.1) is 5.92 Å². The fourth-order valence-corrected chi connectivity index (χ4v) is 3.81. The number of nitrogens with zero attached hydrogens (tertiary/aromatic N) is 3. The van der Waals surface area contributed by atoms with E-state index >= 15 is 0 Å². The molecule has 0 aromatic carbocycles. The van der Waals surface area contributed by atoms with Crippen LogP contribution in [0, 0.1) is 5.92 Å². The fourth-order valence-electron chi connectivity index (χ4n) is 3.13. The number of hydrogen-bond acceptors (Lipinski definition) is 5. The van der Waals surface area contributed by atoms with Crippen LogP contribution in [0.1, 0.15) is 44.0 Å². The molecule has 1 aromatic rings. The minimum absolute atomic E-state index is 0.109. The van der Waals surface area contributed by atoms with Crippen LogP contribution in [0.4, 0.5) is 5.13 Å². The number of likely N-dealkylation sites (tertiary alicyclic amines) is 1. The van der Waals surface area contributed by atoms with Gasteiger partial charge in [0.1, 0.15) is 5.01 Å². The van der Waals surface area contributed by atoms with Gasteiger partial charge in [-0.1, -0.05) is 31.1 Å². The Morgan fingerprint density at radius 3 is 2.81 bits per heavy atom. The van der Waals surface area contributed by atoms with E-state index in [0.29, 0.717) is 24.1 Å². The molecule has 2 fully saturated rings. The van der Waals surface area contributed by atoms with Crippen LogP contribution in [0.25, 0.3) is 0 Å². The number of anilines is 1. The Kier molecular flexibility index (Phi) is 4.19. The van der Waals surface area contributed by atoms with Gasteiger partial charge in [0.25, 0.3) is 0 Å². The van der Waals surface area contributed by atoms with Crippen LogP contribution in [0.2, 0.25) is 0 Å². The highest BCUT2D eigenvalue weighted by atomic mass is 32.1. The van der Waals surface area contributed by atoms with Crippen molar-refractivity contribution in [3.05, 3.63) is 5.01 Å². The zero-order valence-electron chi connectivity index (χ0n) is 12.2. The highest BCUT2D eigenvalue weighted by molar-refractivity contribution is 7.15. The first-order valence-electron chi connectivity index (χ1n) is 7.60. The fraction of sp³-hybridized carbons (Fsp3) is 0.714. The summed E-state index contributed by atoms with van der Waals surface area (Å²) in [6, 6.07) is 0.350. The average Bonchev–Trinajstić information content (AvgIpc) is 3.17. The van der Waals surface area contributed by atoms with Crippen molar-refractivity contribution in [3.63, 3.8) is 0 Å². The predicted molar refractivity (Wildman–Crippen MR) is 80.0 cm³/mol. The van der Waals surface area contributed by atoms with Crippen molar-refractivity contribution in [2.24, 2.45) is 5.92 Å². The summed E-state index contributed by atoms with van der Waals surface area (Å²) >= 11 is 1.39. The molecule has 1 aliphatic heterocycles. The predicted octanol–water partition coefficient (Wildman–Crippen LogP) is 1.83. The van der Waals surface area contributed by atoms with E-state index in [2.05, 4.69) is 15.5 Å². The summed E-state index contributed by atoms with van der Waals surface area (Å²) in [6.07, 6.45) is 5.67. The van der Waals surface area contributed by atoms with Gasteiger partial charge in [0.2, 0.25) is 16.9 Å². The van der Waals surface area contributed by atoms with E-state index in [0.717, 1.165) is 24.3 Å². The van der Waals surface area contributed by atoms with Crippen LogP contribution >= 0.6 is 11.3 Å². The molecule has 2 aliphatic rings. The van der Waals surface area contributed by atoms with Crippen LogP contribution in [0.5, 0.6) is 0 Å². The van der Waals surface area contributed by atoms with Crippen molar-refractivity contribution in [1.82, 2.24) is 15.1 Å². The number of carbonyl (C=O) groups excluding carboxylic acids is 2. The van der Waals surface area contributed by atoms with Crippen LogP contribution in [-0.2, 0) is 16.0 Å². The van der Waals surface area contributed by atoms with Gasteiger partial charge in [-0.3, -0.25) is 9.59 Å². The molecule has 1 saturated carbocycles. The first kappa shape index (κ1) is 14.4. The molecule has 1 saturated heterocycles. The van der Waals surface area contributed by atoms with E-state index in [1.54, 1.807) is 0 Å². The van der Waals surface area contributed by atoms with Gasteiger partial charge in [0.15, 0.2) is 0 Å². The molecule has 2 amide bonds. The summed E-state index contributed by atoms with van der Waals surface area (Å²) in [6.45, 7) is 2.55. The molecule has 0 bridgehead atoms. The Morgan fingerprint density at radius 2 is 2.14 bits per heavy atom. The first-order chi connectivity index (χ1) is 10.2. The summed E-state index contributed by atoms with van der Waals surface area (Å²) in [7, 11) is 0. The molecule has 1 aromatic heterocycles. The number of hydrogen-bond donors (Lipinski definition) is 1. The largest absolute Gasteiger partial charge is 0.339 e. The molecule has 21 heavy (non-hydrogen) atoms. The van der Waals surface area contributed by atoms with Gasteiger partial charge in [-0.2, -0.15) is 0 Å². The number of amides is 2. The lowest BCUT2D eigenvalue weighted by Crippen LogP contribution is -2.35. The van der Waals surface area contributed by atoms with Crippen molar-refractivity contribution < 1.29 is 9.59 Å². The maximum Gasteiger partial charge on any atom is 0.231 e. The SMILES string of the molecule is CCc1nnc(NC(=O)[C@@H]2CC(=O)N(C3CCCC3)C2)s1. The maximum absolute atomic E-state index is 12.3. The molecule has 0 unspecified atom stereocenters. The molecule has 6 nitrogen and oxygen atoms in total. The van der Waals surface area contributed by atoms with Gasteiger partial charge in [-0.15, -0.1) is 10.2 Å². The van der Waals surface area contributed by atoms with Crippen molar-refractivity contribution in [2.45, 2.75) is 51.5 Å². The topological polar surface area (TPSA) is 75.2 Å². The first-order valence-corrected chi connectivity index (χ1v) is 8.41. The number of aryl methyl sites for hydroxylation is 1. The van der Waals surface area contributed by atoms with Crippen LogP contribution in [0.3, 0.4) is 0 Å². The van der Waals surface area contributed by atoms with E-state index in [-0.39, 0.29) is 17.7 Å². The van der Waals surface area contributed by atoms with Gasteiger partial charge in [0, 0.05) is 19.0 Å². The van der Waals surface area contributed by atoms with Gasteiger partial charge < -0.3 is 10.2 Å². The smallest absolute Gasteiger partial charge is 0.231 e. The Hall–Kier alpha value is -1.50. The second kappa shape index (κ2) is 6.09. The van der Waals surface area contributed by atoms with E-state index in [4.69, 9.17) is 0 Å². The minimum Gasteiger partial charge on any atom is -0.339 e. The number of aromatic nitrogens is 2. The summed E-state index contributed by atoms with van der Waals surface area (Å²) in [5.74, 6) is -0.247. The maximum atomic E-state index is 12.3. The Morgan fingerprint density at radius 1 is 1.38 bits per heavy atom. The lowest BCUT2D eigenvalue weighted by molar-refractivity contribution is -0.129. The molecular formula is C14H20N4O2S. The van der Waals surface area contributed by atoms with Crippen LogP contribution in [0.15, 0.2) is 0 Å². The average molecular weight is 308 g/mol. The zero-order chi connectivity index (χ0) is 14.8. The third kappa shape index (κ3) is 3.07. The monoisotopic (exact) mass is 308 g/mol. The molecule has 114 valence electrons. The summed E-state index contributed by atoms with van der Waals surface area (Å²) in [5, 5.41) is 12.2. The second-order valence-electron chi connectivity index (χ2n) is 5.73. The molecular weight excluding hydrogens is 288 g/mol. The Bertz CT molecular complexity index is 539. The number of carbonyl (C=O) groups is 2. The van der Waals surface area contributed by atoms with Crippen molar-refractivity contribution in [2.75, 3.05) is 11.9 Å². The molecule has 2 heterocycles. The third-order valence-electron chi connectivity index (χ3n) is 4.29. The van der Waals surface area contributed by atoms with Crippen molar-refractivity contribution in [1.29, 1.82) is 0 Å². The molecule has 1 N–H and O–H groups in total. The summed E-state index contributed by atoms with van der Waals surface area (Å²) < 4.78 is 0. The molecule has 3 rings (SSSR count). The van der Waals surface area contributed by atoms with E-state index in [9.17, 15) is 9.59 Å². The molecule has 1 aliphatic carbocycles. The summed E-state index contributed by atoms with van der Waals surface area (Å²) in [5.41, 5.74) is 0. The second-order valence-corrected chi connectivity index (χ2v) is 6.79. The van der Waals surface area contributed by atoms with Gasteiger partial charge in [-0.25, -0.2) is 0 Å². The van der Waals surface area contributed by atoms with Gasteiger partial charge >= 0.3 is 0 Å². The molecule has 7 heteroatoms. The van der Waals surface area contributed by atoms with E-state index < -0.39 is 0 Å². The standard InChI is InChI=1S/C14H20N4O2S/c1-2-11-16-17-14(21-11)15-13(20)9-7-12(19)18(8-9)10-5-3-4-6-10/h9-10H,2-8H2,1H3,(H,15,17,20)/t9-/m1/s1. The zero-order valence-corrected chi connectivity index (χ0v) is 13.0.